The van der Waals surface area contributed by atoms with E-state index in [1.54, 1.807) is 13.2 Å². The molecule has 0 radical (unpaired) electrons. The molecule has 4 nitrogen and oxygen atoms in total. The molecule has 0 amide bonds. The lowest BCUT2D eigenvalue weighted by Gasteiger charge is -2.38. The number of morpholine rings is 1. The van der Waals surface area contributed by atoms with Crippen LogP contribution < -0.4 is 4.74 Å². The van der Waals surface area contributed by atoms with Gasteiger partial charge in [0.2, 0.25) is 0 Å². The predicted octanol–water partition coefficient (Wildman–Crippen LogP) is 2.40. The highest BCUT2D eigenvalue weighted by atomic mass is 16.5. The second kappa shape index (κ2) is 6.26. The number of hydrogen-bond donors (Lipinski definition) is 1. The molecule has 2 atom stereocenters. The van der Waals surface area contributed by atoms with Gasteiger partial charge in [-0.1, -0.05) is 13.0 Å². The molecule has 1 N–H and O–H groups in total. The van der Waals surface area contributed by atoms with E-state index < -0.39 is 0 Å². The summed E-state index contributed by atoms with van der Waals surface area (Å²) < 4.78 is 10.9. The maximum atomic E-state index is 9.62. The van der Waals surface area contributed by atoms with Crippen molar-refractivity contribution in [2.24, 2.45) is 0 Å². The molecule has 19 heavy (non-hydrogen) atoms. The van der Waals surface area contributed by atoms with E-state index in [1.807, 2.05) is 12.1 Å². The van der Waals surface area contributed by atoms with Crippen molar-refractivity contribution in [1.82, 2.24) is 4.90 Å². The Morgan fingerprint density at radius 1 is 1.47 bits per heavy atom. The number of methoxy groups -OCH3 is 1. The van der Waals surface area contributed by atoms with Crippen molar-refractivity contribution in [3.63, 3.8) is 0 Å². The van der Waals surface area contributed by atoms with Gasteiger partial charge in [-0.2, -0.15) is 0 Å². The molecule has 2 rings (SSSR count). The molecule has 0 aromatic heterocycles. The maximum Gasteiger partial charge on any atom is 0.160 e. The van der Waals surface area contributed by atoms with Gasteiger partial charge in [-0.25, -0.2) is 0 Å². The van der Waals surface area contributed by atoms with Crippen molar-refractivity contribution in [2.45, 2.75) is 39.0 Å². The van der Waals surface area contributed by atoms with Crippen LogP contribution in [0.3, 0.4) is 0 Å². The summed E-state index contributed by atoms with van der Waals surface area (Å²) in [6.45, 7) is 6.90. The number of aromatic hydroxyl groups is 1. The minimum absolute atomic E-state index is 0.189. The lowest BCUT2D eigenvalue weighted by molar-refractivity contribution is -0.0592. The smallest absolute Gasteiger partial charge is 0.160 e. The van der Waals surface area contributed by atoms with Gasteiger partial charge in [0.1, 0.15) is 0 Å². The number of phenols is 1. The van der Waals surface area contributed by atoms with Crippen LogP contribution in [0.25, 0.3) is 0 Å². The number of phenolic OH excluding ortho intramolecular Hbond substituents is 1. The van der Waals surface area contributed by atoms with E-state index in [0.717, 1.165) is 31.7 Å². The van der Waals surface area contributed by atoms with E-state index in [9.17, 15) is 5.11 Å². The highest BCUT2D eigenvalue weighted by molar-refractivity contribution is 5.41. The Balaban J connectivity index is 2.10. The zero-order valence-electron chi connectivity index (χ0n) is 11.9. The molecule has 1 aliphatic heterocycles. The van der Waals surface area contributed by atoms with Crippen LogP contribution in [0.15, 0.2) is 18.2 Å². The Labute approximate surface area is 114 Å². The van der Waals surface area contributed by atoms with Crippen LogP contribution in [0.5, 0.6) is 11.5 Å². The summed E-state index contributed by atoms with van der Waals surface area (Å²) in [7, 11) is 1.57. The van der Waals surface area contributed by atoms with E-state index in [0.29, 0.717) is 11.8 Å². The highest BCUT2D eigenvalue weighted by Crippen LogP contribution is 2.27. The molecule has 1 aliphatic rings. The van der Waals surface area contributed by atoms with E-state index in [1.165, 1.54) is 0 Å². The fraction of sp³-hybridized carbons (Fsp3) is 0.600. The summed E-state index contributed by atoms with van der Waals surface area (Å²) in [5, 5.41) is 9.62. The third kappa shape index (κ3) is 3.39. The van der Waals surface area contributed by atoms with Crippen LogP contribution in [0.2, 0.25) is 0 Å². The molecule has 2 unspecified atom stereocenters. The average Bonchev–Trinajstić information content (AvgIpc) is 2.41. The summed E-state index contributed by atoms with van der Waals surface area (Å²) >= 11 is 0. The van der Waals surface area contributed by atoms with Crippen LogP contribution in [-0.2, 0) is 11.3 Å². The van der Waals surface area contributed by atoms with Crippen LogP contribution in [0, 0.1) is 0 Å². The number of hydrogen-bond acceptors (Lipinski definition) is 4. The van der Waals surface area contributed by atoms with Gasteiger partial charge in [0.15, 0.2) is 11.5 Å². The monoisotopic (exact) mass is 265 g/mol. The average molecular weight is 265 g/mol. The summed E-state index contributed by atoms with van der Waals surface area (Å²) in [5.74, 6) is 0.723. The maximum absolute atomic E-state index is 9.62. The number of rotatable bonds is 4. The largest absolute Gasteiger partial charge is 0.504 e. The minimum Gasteiger partial charge on any atom is -0.504 e. The van der Waals surface area contributed by atoms with Gasteiger partial charge in [-0.05, 0) is 31.0 Å². The molecule has 106 valence electrons. The van der Waals surface area contributed by atoms with Crippen molar-refractivity contribution >= 4 is 0 Å². The molecule has 1 aromatic carbocycles. The van der Waals surface area contributed by atoms with Crippen molar-refractivity contribution in [3.05, 3.63) is 23.8 Å². The number of benzene rings is 1. The Morgan fingerprint density at radius 3 is 2.95 bits per heavy atom. The first-order valence-corrected chi connectivity index (χ1v) is 6.85. The van der Waals surface area contributed by atoms with Gasteiger partial charge >= 0.3 is 0 Å². The SMILES string of the molecule is CCC1COC(C)CN1Cc1ccc(O)c(OC)c1. The molecule has 4 heteroatoms. The molecule has 1 aromatic rings. The lowest BCUT2D eigenvalue weighted by Crippen LogP contribution is -2.47. The Bertz CT molecular complexity index is 422. The van der Waals surface area contributed by atoms with Crippen LogP contribution in [0.4, 0.5) is 0 Å². The van der Waals surface area contributed by atoms with Crippen molar-refractivity contribution in [3.8, 4) is 11.5 Å². The summed E-state index contributed by atoms with van der Waals surface area (Å²) in [5.41, 5.74) is 1.15. The third-order valence-corrected chi connectivity index (χ3v) is 3.68. The van der Waals surface area contributed by atoms with E-state index in [4.69, 9.17) is 9.47 Å². The van der Waals surface area contributed by atoms with Gasteiger partial charge < -0.3 is 14.6 Å². The predicted molar refractivity (Wildman–Crippen MR) is 74.6 cm³/mol. The van der Waals surface area contributed by atoms with Crippen LogP contribution >= 0.6 is 0 Å². The Morgan fingerprint density at radius 2 is 2.26 bits per heavy atom. The molecule has 0 bridgehead atoms. The molecule has 0 spiro atoms. The van der Waals surface area contributed by atoms with Crippen molar-refractivity contribution < 1.29 is 14.6 Å². The fourth-order valence-corrected chi connectivity index (χ4v) is 2.54. The van der Waals surface area contributed by atoms with E-state index in [2.05, 4.69) is 18.7 Å². The second-order valence-corrected chi connectivity index (χ2v) is 5.14. The lowest BCUT2D eigenvalue weighted by atomic mass is 10.1. The molecule has 1 saturated heterocycles. The first-order valence-electron chi connectivity index (χ1n) is 6.85. The van der Waals surface area contributed by atoms with Crippen molar-refractivity contribution in [2.75, 3.05) is 20.3 Å². The number of nitrogens with zero attached hydrogens (tertiary/aromatic N) is 1. The van der Waals surface area contributed by atoms with E-state index >= 15 is 0 Å². The minimum atomic E-state index is 0.189. The van der Waals surface area contributed by atoms with Gasteiger partial charge in [0, 0.05) is 19.1 Å². The zero-order chi connectivity index (χ0) is 13.8. The van der Waals surface area contributed by atoms with Gasteiger partial charge in [0.25, 0.3) is 0 Å². The highest BCUT2D eigenvalue weighted by Gasteiger charge is 2.25. The summed E-state index contributed by atoms with van der Waals surface area (Å²) in [4.78, 5) is 2.44. The first-order chi connectivity index (χ1) is 9.13. The topological polar surface area (TPSA) is 41.9 Å². The zero-order valence-corrected chi connectivity index (χ0v) is 11.9. The summed E-state index contributed by atoms with van der Waals surface area (Å²) in [6.07, 6.45) is 1.36. The van der Waals surface area contributed by atoms with Crippen LogP contribution in [-0.4, -0.2) is 42.4 Å². The Kier molecular flexibility index (Phi) is 4.66. The quantitative estimate of drug-likeness (QED) is 0.907. The second-order valence-electron chi connectivity index (χ2n) is 5.14. The fourth-order valence-electron chi connectivity index (χ4n) is 2.54. The summed E-state index contributed by atoms with van der Waals surface area (Å²) in [6, 6.07) is 6.02. The van der Waals surface area contributed by atoms with Gasteiger partial charge in [-0.15, -0.1) is 0 Å². The molecule has 1 heterocycles. The van der Waals surface area contributed by atoms with Gasteiger partial charge in [0.05, 0.1) is 19.8 Å². The number of ether oxygens (including phenoxy) is 2. The molecular weight excluding hydrogens is 242 g/mol. The van der Waals surface area contributed by atoms with Gasteiger partial charge in [-0.3, -0.25) is 4.90 Å². The first kappa shape index (κ1) is 14.2. The molecule has 0 saturated carbocycles. The standard InChI is InChI=1S/C15H23NO3/c1-4-13-10-19-11(2)8-16(13)9-12-5-6-14(17)15(7-12)18-3/h5-7,11,13,17H,4,8-10H2,1-3H3. The normalized spacial score (nSPS) is 24.4. The molecule has 0 aliphatic carbocycles. The van der Waals surface area contributed by atoms with Crippen molar-refractivity contribution in [1.29, 1.82) is 0 Å². The Hall–Kier alpha value is -1.26. The molecule has 1 fully saturated rings. The van der Waals surface area contributed by atoms with Crippen LogP contribution in [0.1, 0.15) is 25.8 Å². The van der Waals surface area contributed by atoms with E-state index in [-0.39, 0.29) is 11.9 Å². The molecular formula is C15H23NO3. The third-order valence-electron chi connectivity index (χ3n) is 3.68.